The van der Waals surface area contributed by atoms with Gasteiger partial charge in [0.1, 0.15) is 6.04 Å². The molecule has 0 bridgehead atoms. The Bertz CT molecular complexity index is 462. The summed E-state index contributed by atoms with van der Waals surface area (Å²) in [5.41, 5.74) is 6.09. The molecule has 1 unspecified atom stereocenters. The Morgan fingerprint density at radius 3 is 2.29 bits per heavy atom. The molecule has 0 aliphatic rings. The molecule has 0 saturated carbocycles. The minimum absolute atomic E-state index is 0.103. The van der Waals surface area contributed by atoms with Gasteiger partial charge in [-0.1, -0.05) is 44.2 Å². The van der Waals surface area contributed by atoms with Crippen LogP contribution in [0.25, 0.3) is 0 Å². The number of rotatable bonds is 7. The highest BCUT2D eigenvalue weighted by Crippen LogP contribution is 2.06. The Kier molecular flexibility index (Phi) is 6.68. The van der Waals surface area contributed by atoms with Gasteiger partial charge in [0.2, 0.25) is 5.91 Å². The van der Waals surface area contributed by atoms with Crippen LogP contribution in [-0.4, -0.2) is 35.7 Å². The maximum Gasteiger partial charge on any atom is 0.312 e. The van der Waals surface area contributed by atoms with Crippen molar-refractivity contribution in [3.05, 3.63) is 35.9 Å². The molecule has 6 nitrogen and oxygen atoms in total. The highest BCUT2D eigenvalue weighted by Gasteiger charge is 2.25. The normalized spacial score (nSPS) is 13.5. The first-order valence-electron chi connectivity index (χ1n) is 6.95. The van der Waals surface area contributed by atoms with Crippen molar-refractivity contribution in [1.29, 1.82) is 0 Å². The van der Waals surface area contributed by atoms with Gasteiger partial charge in [0.15, 0.2) is 0 Å². The number of amides is 3. The Morgan fingerprint density at radius 1 is 1.19 bits per heavy atom. The third-order valence-electron chi connectivity index (χ3n) is 3.14. The highest BCUT2D eigenvalue weighted by atomic mass is 16.3. The van der Waals surface area contributed by atoms with Crippen molar-refractivity contribution >= 4 is 11.9 Å². The van der Waals surface area contributed by atoms with E-state index in [2.05, 4.69) is 10.6 Å². The van der Waals surface area contributed by atoms with E-state index < -0.39 is 18.1 Å². The van der Waals surface area contributed by atoms with Crippen molar-refractivity contribution in [3.63, 3.8) is 0 Å². The summed E-state index contributed by atoms with van der Waals surface area (Å²) in [6.07, 6.45) is 0.518. The van der Waals surface area contributed by atoms with E-state index in [4.69, 9.17) is 5.73 Å². The van der Waals surface area contributed by atoms with Crippen LogP contribution in [0.1, 0.15) is 19.4 Å². The predicted molar refractivity (Wildman–Crippen MR) is 80.5 cm³/mol. The van der Waals surface area contributed by atoms with E-state index in [-0.39, 0.29) is 18.4 Å². The molecule has 21 heavy (non-hydrogen) atoms. The van der Waals surface area contributed by atoms with E-state index in [1.165, 1.54) is 0 Å². The maximum atomic E-state index is 12.2. The van der Waals surface area contributed by atoms with Crippen LogP contribution in [0.3, 0.4) is 0 Å². The van der Waals surface area contributed by atoms with E-state index >= 15 is 0 Å². The second kappa shape index (κ2) is 8.26. The molecule has 0 aliphatic carbocycles. The number of nitrogens with two attached hydrogens (primary N) is 1. The van der Waals surface area contributed by atoms with Gasteiger partial charge in [-0.2, -0.15) is 0 Å². The van der Waals surface area contributed by atoms with Crippen molar-refractivity contribution in [2.45, 2.75) is 32.4 Å². The van der Waals surface area contributed by atoms with Crippen LogP contribution in [0.2, 0.25) is 0 Å². The summed E-state index contributed by atoms with van der Waals surface area (Å²) in [4.78, 5) is 23.1. The quantitative estimate of drug-likeness (QED) is 0.585. The third kappa shape index (κ3) is 5.83. The fourth-order valence-corrected chi connectivity index (χ4v) is 2.04. The zero-order valence-electron chi connectivity index (χ0n) is 12.4. The van der Waals surface area contributed by atoms with Crippen LogP contribution >= 0.6 is 0 Å². The smallest absolute Gasteiger partial charge is 0.312 e. The van der Waals surface area contributed by atoms with Crippen molar-refractivity contribution in [2.75, 3.05) is 6.61 Å². The Morgan fingerprint density at radius 2 is 1.81 bits per heavy atom. The molecule has 2 atom stereocenters. The monoisotopic (exact) mass is 293 g/mol. The van der Waals surface area contributed by atoms with Crippen LogP contribution in [-0.2, 0) is 11.2 Å². The number of hydrogen-bond donors (Lipinski definition) is 4. The van der Waals surface area contributed by atoms with Crippen molar-refractivity contribution in [2.24, 2.45) is 11.7 Å². The minimum Gasteiger partial charge on any atom is -0.394 e. The summed E-state index contributed by atoms with van der Waals surface area (Å²) in [5, 5.41) is 14.6. The van der Waals surface area contributed by atoms with E-state index in [0.29, 0.717) is 6.42 Å². The number of urea groups is 1. The maximum absolute atomic E-state index is 12.2. The lowest BCUT2D eigenvalue weighted by Crippen LogP contribution is -2.54. The second-order valence-electron chi connectivity index (χ2n) is 5.31. The van der Waals surface area contributed by atoms with Gasteiger partial charge in [-0.25, -0.2) is 4.79 Å². The van der Waals surface area contributed by atoms with E-state index in [0.717, 1.165) is 5.56 Å². The van der Waals surface area contributed by atoms with Crippen LogP contribution < -0.4 is 16.4 Å². The first-order valence-corrected chi connectivity index (χ1v) is 6.95. The van der Waals surface area contributed by atoms with Gasteiger partial charge in [-0.05, 0) is 17.9 Å². The molecule has 1 aromatic rings. The van der Waals surface area contributed by atoms with Gasteiger partial charge in [-0.3, -0.25) is 4.79 Å². The highest BCUT2D eigenvalue weighted by molar-refractivity contribution is 5.86. The number of benzene rings is 1. The summed E-state index contributed by atoms with van der Waals surface area (Å²) in [5.74, 6) is -0.452. The van der Waals surface area contributed by atoms with Gasteiger partial charge in [-0.15, -0.1) is 0 Å². The summed E-state index contributed by atoms with van der Waals surface area (Å²) in [7, 11) is 0. The Balaban J connectivity index is 2.66. The zero-order valence-corrected chi connectivity index (χ0v) is 12.4. The average Bonchev–Trinajstić information content (AvgIpc) is 2.44. The first-order chi connectivity index (χ1) is 9.93. The van der Waals surface area contributed by atoms with Gasteiger partial charge < -0.3 is 21.5 Å². The van der Waals surface area contributed by atoms with Crippen LogP contribution in [0.15, 0.2) is 30.3 Å². The Labute approximate surface area is 124 Å². The SMILES string of the molecule is CC(C)C(NC(N)=O)C(=O)N[C@@H](CO)Cc1ccccc1. The molecule has 0 heterocycles. The molecule has 0 saturated heterocycles. The fraction of sp³-hybridized carbons (Fsp3) is 0.467. The molecule has 1 rings (SSSR count). The molecule has 0 fully saturated rings. The molecule has 116 valence electrons. The molecule has 0 aromatic heterocycles. The molecular formula is C15H23N3O3. The number of carbonyl (C=O) groups is 2. The van der Waals surface area contributed by atoms with Gasteiger partial charge in [0, 0.05) is 0 Å². The molecule has 1 aromatic carbocycles. The molecule has 0 spiro atoms. The number of carbonyl (C=O) groups excluding carboxylic acids is 2. The minimum atomic E-state index is -0.743. The zero-order chi connectivity index (χ0) is 15.8. The summed E-state index contributed by atoms with van der Waals surface area (Å²) >= 11 is 0. The van der Waals surface area contributed by atoms with E-state index in [1.807, 2.05) is 44.2 Å². The lowest BCUT2D eigenvalue weighted by Gasteiger charge is -2.24. The lowest BCUT2D eigenvalue weighted by molar-refractivity contribution is -0.124. The van der Waals surface area contributed by atoms with Crippen LogP contribution in [0.5, 0.6) is 0 Å². The molecule has 0 radical (unpaired) electrons. The van der Waals surface area contributed by atoms with E-state index in [1.54, 1.807) is 0 Å². The molecule has 3 amide bonds. The molecule has 6 heteroatoms. The van der Waals surface area contributed by atoms with Crippen LogP contribution in [0, 0.1) is 5.92 Å². The predicted octanol–water partition coefficient (Wildman–Crippen LogP) is 0.399. The van der Waals surface area contributed by atoms with Gasteiger partial charge in [0.25, 0.3) is 0 Å². The second-order valence-corrected chi connectivity index (χ2v) is 5.31. The topological polar surface area (TPSA) is 104 Å². The van der Waals surface area contributed by atoms with Crippen LogP contribution in [0.4, 0.5) is 4.79 Å². The largest absolute Gasteiger partial charge is 0.394 e. The summed E-state index contributed by atoms with van der Waals surface area (Å²) in [6, 6.07) is 7.69. The molecule has 0 aliphatic heterocycles. The fourth-order valence-electron chi connectivity index (χ4n) is 2.04. The number of aliphatic hydroxyl groups excluding tert-OH is 1. The first kappa shape index (κ1) is 17.0. The molecular weight excluding hydrogens is 270 g/mol. The lowest BCUT2D eigenvalue weighted by atomic mass is 10.0. The number of nitrogens with one attached hydrogen (secondary N) is 2. The number of aliphatic hydroxyl groups is 1. The van der Waals surface area contributed by atoms with Crippen molar-refractivity contribution in [1.82, 2.24) is 10.6 Å². The van der Waals surface area contributed by atoms with Gasteiger partial charge in [0.05, 0.1) is 12.6 Å². The number of primary amides is 1. The van der Waals surface area contributed by atoms with E-state index in [9.17, 15) is 14.7 Å². The number of hydrogen-bond acceptors (Lipinski definition) is 3. The molecule has 5 N–H and O–H groups in total. The Hall–Kier alpha value is -2.08. The standard InChI is InChI=1S/C15H23N3O3/c1-10(2)13(18-15(16)21)14(20)17-12(9-19)8-11-6-4-3-5-7-11/h3-7,10,12-13,19H,8-9H2,1-2H3,(H,17,20)(H3,16,18,21)/t12-,13?/m1/s1. The third-order valence-corrected chi connectivity index (χ3v) is 3.14. The summed E-state index contributed by atoms with van der Waals surface area (Å²) < 4.78 is 0. The van der Waals surface area contributed by atoms with Crippen molar-refractivity contribution in [3.8, 4) is 0 Å². The average molecular weight is 293 g/mol. The summed E-state index contributed by atoms with van der Waals surface area (Å²) in [6.45, 7) is 3.44. The van der Waals surface area contributed by atoms with Crippen molar-refractivity contribution < 1.29 is 14.7 Å². The van der Waals surface area contributed by atoms with Gasteiger partial charge >= 0.3 is 6.03 Å².